The number of rotatable bonds is 6. The first kappa shape index (κ1) is 18.9. The molecule has 0 N–H and O–H groups in total. The molecule has 0 heterocycles. The van der Waals surface area contributed by atoms with Crippen molar-refractivity contribution in [3.63, 3.8) is 0 Å². The van der Waals surface area contributed by atoms with Gasteiger partial charge >= 0.3 is 0 Å². The molecular weight excluding hydrogens is 327 g/mol. The van der Waals surface area contributed by atoms with Gasteiger partial charge in [-0.15, -0.1) is 0 Å². The molecule has 0 saturated heterocycles. The maximum Gasteiger partial charge on any atom is 0.230 e. The molecule has 2 aromatic carbocycles. The zero-order chi connectivity index (χ0) is 18.4. The molecule has 0 spiro atoms. The summed E-state index contributed by atoms with van der Waals surface area (Å²) in [6.45, 7) is 9.38. The zero-order valence-electron chi connectivity index (χ0n) is 14.9. The van der Waals surface area contributed by atoms with Gasteiger partial charge < -0.3 is 4.57 Å². The average molecular weight is 350 g/mol. The first-order valence-corrected chi connectivity index (χ1v) is 9.88. The molecule has 0 saturated carbocycles. The fourth-order valence-electron chi connectivity index (χ4n) is 2.80. The molecule has 2 aromatic rings. The van der Waals surface area contributed by atoms with Crippen molar-refractivity contribution in [2.45, 2.75) is 20.8 Å². The monoisotopic (exact) mass is 350 g/mol. The molecule has 25 heavy (non-hydrogen) atoms. The summed E-state index contributed by atoms with van der Waals surface area (Å²) in [5.41, 5.74) is 1.74. The third-order valence-electron chi connectivity index (χ3n) is 3.93. The number of benzene rings is 2. The number of carbonyl (C=O) groups is 1. The van der Waals surface area contributed by atoms with Crippen molar-refractivity contribution in [2.75, 3.05) is 0 Å². The van der Waals surface area contributed by atoms with Crippen molar-refractivity contribution in [1.82, 2.24) is 0 Å². The Balaban J connectivity index is 2.67. The lowest BCUT2D eigenvalue weighted by Gasteiger charge is -2.20. The van der Waals surface area contributed by atoms with Gasteiger partial charge in [-0.3, -0.25) is 4.79 Å². The van der Waals surface area contributed by atoms with Crippen molar-refractivity contribution in [2.24, 2.45) is 0 Å². The lowest BCUT2D eigenvalue weighted by molar-refractivity contribution is -0.108. The van der Waals surface area contributed by atoms with E-state index in [1.165, 1.54) is 0 Å². The van der Waals surface area contributed by atoms with Gasteiger partial charge in [0.05, 0.1) is 0 Å². The Kier molecular flexibility index (Phi) is 6.12. The molecule has 0 amide bonds. The lowest BCUT2D eigenvalue weighted by atomic mass is 10.1. The van der Waals surface area contributed by atoms with Gasteiger partial charge in [0, 0.05) is 16.2 Å². The highest BCUT2D eigenvalue weighted by molar-refractivity contribution is 7.93. The van der Waals surface area contributed by atoms with Gasteiger partial charge in [-0.05, 0) is 26.3 Å². The van der Waals surface area contributed by atoms with Crippen LogP contribution in [0, 0.1) is 0 Å². The normalized spacial score (nSPS) is 12.8. The molecule has 0 atom stereocenters. The van der Waals surface area contributed by atoms with Gasteiger partial charge in [0.2, 0.25) is 12.7 Å². The number of hydrogen-bond acceptors (Lipinski definition) is 2. The van der Waals surface area contributed by atoms with Crippen molar-refractivity contribution in [1.29, 1.82) is 0 Å². The highest BCUT2D eigenvalue weighted by Gasteiger charge is 2.37. The standard InChI is InChI=1S/C22H23O2P/c1-5-21(18(4)16-17(2)3)22(23)25(24,19-12-8-6-9-13-19)20-14-10-7-11-15-20/h5-16H,2H2,1,3-4H3/b18-16-,21-5-. The van der Waals surface area contributed by atoms with Crippen LogP contribution in [0.15, 0.2) is 96.1 Å². The fraction of sp³-hybridized carbons (Fsp3) is 0.136. The fourth-order valence-corrected chi connectivity index (χ4v) is 5.39. The molecule has 0 bridgehead atoms. The van der Waals surface area contributed by atoms with E-state index >= 15 is 0 Å². The van der Waals surface area contributed by atoms with E-state index in [0.717, 1.165) is 11.1 Å². The summed E-state index contributed by atoms with van der Waals surface area (Å²) in [5.74, 6) is 0. The molecule has 0 aliphatic heterocycles. The highest BCUT2D eigenvalue weighted by Crippen LogP contribution is 2.47. The van der Waals surface area contributed by atoms with E-state index in [1.54, 1.807) is 37.3 Å². The van der Waals surface area contributed by atoms with Crippen molar-refractivity contribution in [3.05, 3.63) is 96.1 Å². The van der Waals surface area contributed by atoms with Crippen LogP contribution < -0.4 is 10.6 Å². The van der Waals surface area contributed by atoms with Gasteiger partial charge in [-0.1, -0.05) is 85.0 Å². The van der Waals surface area contributed by atoms with Gasteiger partial charge in [0.15, 0.2) is 0 Å². The van der Waals surface area contributed by atoms with Crippen molar-refractivity contribution >= 4 is 23.3 Å². The summed E-state index contributed by atoms with van der Waals surface area (Å²) in [6.07, 6.45) is 3.57. The van der Waals surface area contributed by atoms with Crippen LogP contribution >= 0.6 is 7.14 Å². The molecule has 128 valence electrons. The Morgan fingerprint density at radius 2 is 1.36 bits per heavy atom. The minimum absolute atomic E-state index is 0.345. The molecule has 0 aliphatic rings. The Labute approximate surface area is 150 Å². The van der Waals surface area contributed by atoms with E-state index in [-0.39, 0.29) is 5.52 Å². The minimum atomic E-state index is -3.46. The SMILES string of the molecule is C=C(C)/C=C(C)\C(=C\C)C(=O)P(=O)(c1ccccc1)c1ccccc1. The molecule has 0 unspecified atom stereocenters. The third-order valence-corrected chi connectivity index (χ3v) is 6.80. The van der Waals surface area contributed by atoms with Gasteiger partial charge in [0.1, 0.15) is 0 Å². The zero-order valence-corrected chi connectivity index (χ0v) is 15.8. The Hall–Kier alpha value is -2.44. The second-order valence-electron chi connectivity index (χ2n) is 5.96. The number of allylic oxidation sites excluding steroid dienone is 5. The summed E-state index contributed by atoms with van der Waals surface area (Å²) in [5, 5.41) is 1.10. The predicted octanol–water partition coefficient (Wildman–Crippen LogP) is 5.00. The Morgan fingerprint density at radius 1 is 0.920 bits per heavy atom. The molecule has 0 aliphatic carbocycles. The topological polar surface area (TPSA) is 34.1 Å². The van der Waals surface area contributed by atoms with Crippen LogP contribution in [0.2, 0.25) is 0 Å². The molecule has 2 rings (SSSR count). The smallest absolute Gasteiger partial charge is 0.230 e. The van der Waals surface area contributed by atoms with Crippen LogP contribution in [0.3, 0.4) is 0 Å². The van der Waals surface area contributed by atoms with Gasteiger partial charge in [0.25, 0.3) is 0 Å². The quantitative estimate of drug-likeness (QED) is 0.418. The maximum atomic E-state index is 14.1. The molecule has 2 nitrogen and oxygen atoms in total. The number of hydrogen-bond donors (Lipinski definition) is 0. The summed E-state index contributed by atoms with van der Waals surface area (Å²) in [4.78, 5) is 13.4. The highest BCUT2D eigenvalue weighted by atomic mass is 31.2. The summed E-state index contributed by atoms with van der Waals surface area (Å²) in [6, 6.07) is 18.0. The lowest BCUT2D eigenvalue weighted by Crippen LogP contribution is -2.24. The van der Waals surface area contributed by atoms with E-state index in [1.807, 2.05) is 56.3 Å². The molecule has 0 radical (unpaired) electrons. The van der Waals surface area contributed by atoms with E-state index in [2.05, 4.69) is 6.58 Å². The van der Waals surface area contributed by atoms with E-state index in [9.17, 15) is 9.36 Å². The van der Waals surface area contributed by atoms with Gasteiger partial charge in [-0.2, -0.15) is 0 Å². The maximum absolute atomic E-state index is 14.1. The Morgan fingerprint density at radius 3 is 1.72 bits per heavy atom. The van der Waals surface area contributed by atoms with Crippen LogP contribution in [-0.2, 0) is 9.36 Å². The van der Waals surface area contributed by atoms with Gasteiger partial charge in [-0.25, -0.2) is 0 Å². The largest absolute Gasteiger partial charge is 0.305 e. The van der Waals surface area contributed by atoms with E-state index < -0.39 is 7.14 Å². The Bertz CT molecular complexity index is 831. The summed E-state index contributed by atoms with van der Waals surface area (Å²) >= 11 is 0. The van der Waals surface area contributed by atoms with Crippen LogP contribution in [0.1, 0.15) is 20.8 Å². The molecule has 3 heteroatoms. The first-order chi connectivity index (χ1) is 11.9. The average Bonchev–Trinajstić information content (AvgIpc) is 2.62. The second-order valence-corrected chi connectivity index (χ2v) is 8.62. The molecule has 0 aromatic heterocycles. The summed E-state index contributed by atoms with van der Waals surface area (Å²) < 4.78 is 14.1. The van der Waals surface area contributed by atoms with Crippen molar-refractivity contribution < 1.29 is 9.36 Å². The molecular formula is C22H23O2P. The minimum Gasteiger partial charge on any atom is -0.305 e. The summed E-state index contributed by atoms with van der Waals surface area (Å²) in [7, 11) is -3.46. The third kappa shape index (κ3) is 3.97. The predicted molar refractivity (Wildman–Crippen MR) is 107 cm³/mol. The van der Waals surface area contributed by atoms with Crippen molar-refractivity contribution in [3.8, 4) is 0 Å². The number of carbonyl (C=O) groups excluding carboxylic acids is 1. The second kappa shape index (κ2) is 8.09. The van der Waals surface area contributed by atoms with E-state index in [4.69, 9.17) is 0 Å². The first-order valence-electron chi connectivity index (χ1n) is 8.18. The van der Waals surface area contributed by atoms with Crippen LogP contribution in [0.5, 0.6) is 0 Å². The van der Waals surface area contributed by atoms with E-state index in [0.29, 0.717) is 16.2 Å². The van der Waals surface area contributed by atoms with Crippen LogP contribution in [0.25, 0.3) is 0 Å². The molecule has 0 fully saturated rings. The van der Waals surface area contributed by atoms with Crippen LogP contribution in [0.4, 0.5) is 0 Å². The van der Waals surface area contributed by atoms with Crippen LogP contribution in [-0.4, -0.2) is 5.52 Å².